The molecule has 0 aliphatic heterocycles. The van der Waals surface area contributed by atoms with Gasteiger partial charge in [-0.05, 0) is 61.4 Å². The SMILES string of the molecule is CN(C(=O)c1ccc(NC(=O)C2CC2)cc1)c1ccc(OCC(=O)O)cc1. The van der Waals surface area contributed by atoms with E-state index in [1.54, 1.807) is 55.6 Å². The highest BCUT2D eigenvalue weighted by Gasteiger charge is 2.29. The Morgan fingerprint density at radius 2 is 1.70 bits per heavy atom. The number of carbonyl (C=O) groups is 3. The Hall–Kier alpha value is -3.35. The van der Waals surface area contributed by atoms with Gasteiger partial charge in [-0.1, -0.05) is 0 Å². The first-order valence-electron chi connectivity index (χ1n) is 8.57. The van der Waals surface area contributed by atoms with Crippen LogP contribution in [0.4, 0.5) is 11.4 Å². The molecule has 0 radical (unpaired) electrons. The number of hydrogen-bond acceptors (Lipinski definition) is 4. The van der Waals surface area contributed by atoms with E-state index in [4.69, 9.17) is 9.84 Å². The van der Waals surface area contributed by atoms with Crippen molar-refractivity contribution in [3.63, 3.8) is 0 Å². The van der Waals surface area contributed by atoms with Crippen molar-refractivity contribution in [3.05, 3.63) is 54.1 Å². The largest absolute Gasteiger partial charge is 0.482 e. The Balaban J connectivity index is 1.62. The zero-order valence-corrected chi connectivity index (χ0v) is 14.8. The van der Waals surface area contributed by atoms with E-state index in [1.807, 2.05) is 0 Å². The van der Waals surface area contributed by atoms with Crippen LogP contribution in [0.3, 0.4) is 0 Å². The summed E-state index contributed by atoms with van der Waals surface area (Å²) in [6, 6.07) is 13.3. The van der Waals surface area contributed by atoms with Gasteiger partial charge in [0.05, 0.1) is 0 Å². The zero-order chi connectivity index (χ0) is 19.4. The summed E-state index contributed by atoms with van der Waals surface area (Å²) in [4.78, 5) is 36.4. The van der Waals surface area contributed by atoms with Crippen molar-refractivity contribution in [3.8, 4) is 5.75 Å². The van der Waals surface area contributed by atoms with E-state index in [0.717, 1.165) is 12.8 Å². The molecule has 0 unspecified atom stereocenters. The fourth-order valence-electron chi connectivity index (χ4n) is 2.51. The number of ether oxygens (including phenoxy) is 1. The summed E-state index contributed by atoms with van der Waals surface area (Å²) in [5.41, 5.74) is 1.81. The Kier molecular flexibility index (Phi) is 5.40. The summed E-state index contributed by atoms with van der Waals surface area (Å²) < 4.78 is 5.08. The normalized spacial score (nSPS) is 12.9. The number of amides is 2. The molecule has 1 saturated carbocycles. The lowest BCUT2D eigenvalue weighted by Gasteiger charge is -2.18. The van der Waals surface area contributed by atoms with Crippen LogP contribution in [0.1, 0.15) is 23.2 Å². The number of carboxylic acid groups (broad SMARTS) is 1. The van der Waals surface area contributed by atoms with Gasteiger partial charge < -0.3 is 20.1 Å². The number of rotatable bonds is 7. The van der Waals surface area contributed by atoms with Crippen molar-refractivity contribution < 1.29 is 24.2 Å². The van der Waals surface area contributed by atoms with E-state index in [-0.39, 0.29) is 17.7 Å². The zero-order valence-electron chi connectivity index (χ0n) is 14.8. The molecule has 0 bridgehead atoms. The number of carboxylic acids is 1. The molecule has 1 fully saturated rings. The third-order valence-electron chi connectivity index (χ3n) is 4.24. The van der Waals surface area contributed by atoms with E-state index in [0.29, 0.717) is 22.7 Å². The maximum atomic E-state index is 12.6. The quantitative estimate of drug-likeness (QED) is 0.783. The minimum absolute atomic E-state index is 0.0244. The van der Waals surface area contributed by atoms with Crippen LogP contribution in [0.2, 0.25) is 0 Å². The lowest BCUT2D eigenvalue weighted by molar-refractivity contribution is -0.139. The number of aliphatic carboxylic acids is 1. The van der Waals surface area contributed by atoms with Crippen LogP contribution in [-0.4, -0.2) is 36.5 Å². The molecule has 0 saturated heterocycles. The molecule has 0 aromatic heterocycles. The number of anilines is 2. The average Bonchev–Trinajstić information content (AvgIpc) is 3.51. The van der Waals surface area contributed by atoms with Gasteiger partial charge in [-0.15, -0.1) is 0 Å². The van der Waals surface area contributed by atoms with Gasteiger partial charge in [0.25, 0.3) is 5.91 Å². The molecule has 3 rings (SSSR count). The molecule has 140 valence electrons. The molecule has 2 amide bonds. The molecule has 0 spiro atoms. The third-order valence-corrected chi connectivity index (χ3v) is 4.24. The summed E-state index contributed by atoms with van der Waals surface area (Å²) in [5, 5.41) is 11.5. The maximum Gasteiger partial charge on any atom is 0.341 e. The summed E-state index contributed by atoms with van der Waals surface area (Å²) >= 11 is 0. The second kappa shape index (κ2) is 7.90. The molecule has 2 aromatic rings. The van der Waals surface area contributed by atoms with Crippen LogP contribution < -0.4 is 15.0 Å². The van der Waals surface area contributed by atoms with Crippen LogP contribution in [0.25, 0.3) is 0 Å². The Morgan fingerprint density at radius 3 is 2.26 bits per heavy atom. The number of nitrogens with zero attached hydrogens (tertiary/aromatic N) is 1. The first-order chi connectivity index (χ1) is 12.9. The minimum atomic E-state index is -1.05. The molecule has 2 aromatic carbocycles. The smallest absolute Gasteiger partial charge is 0.341 e. The molecule has 0 atom stereocenters. The van der Waals surface area contributed by atoms with E-state index in [1.165, 1.54) is 4.90 Å². The number of benzene rings is 2. The molecule has 7 heteroatoms. The fraction of sp³-hybridized carbons (Fsp3) is 0.250. The van der Waals surface area contributed by atoms with Crippen LogP contribution in [0, 0.1) is 5.92 Å². The molecule has 1 aliphatic rings. The van der Waals surface area contributed by atoms with Gasteiger partial charge >= 0.3 is 5.97 Å². The minimum Gasteiger partial charge on any atom is -0.482 e. The lowest BCUT2D eigenvalue weighted by Crippen LogP contribution is -2.26. The third kappa shape index (κ3) is 4.84. The molecule has 27 heavy (non-hydrogen) atoms. The standard InChI is InChI=1S/C20H20N2O5/c1-22(16-8-10-17(11-9-16)27-12-18(23)24)20(26)14-4-6-15(7-5-14)21-19(25)13-2-3-13/h4-11,13H,2-3,12H2,1H3,(H,21,25)(H,23,24). The predicted octanol–water partition coefficient (Wildman–Crippen LogP) is 2.78. The topological polar surface area (TPSA) is 95.9 Å². The van der Waals surface area contributed by atoms with E-state index in [9.17, 15) is 14.4 Å². The van der Waals surface area contributed by atoms with Gasteiger partial charge in [0, 0.05) is 29.9 Å². The van der Waals surface area contributed by atoms with Crippen molar-refractivity contribution >= 4 is 29.2 Å². The van der Waals surface area contributed by atoms with Gasteiger partial charge in [0.15, 0.2) is 6.61 Å². The molecule has 1 aliphatic carbocycles. The summed E-state index contributed by atoms with van der Waals surface area (Å²) in [6.07, 6.45) is 1.88. The highest BCUT2D eigenvalue weighted by molar-refractivity contribution is 6.06. The average molecular weight is 368 g/mol. The van der Waals surface area contributed by atoms with Crippen molar-refractivity contribution in [1.29, 1.82) is 0 Å². The highest BCUT2D eigenvalue weighted by atomic mass is 16.5. The Bertz CT molecular complexity index is 842. The van der Waals surface area contributed by atoms with E-state index < -0.39 is 12.6 Å². The van der Waals surface area contributed by atoms with E-state index in [2.05, 4.69) is 5.32 Å². The molecule has 2 N–H and O–H groups in total. The van der Waals surface area contributed by atoms with Crippen LogP contribution in [0.15, 0.2) is 48.5 Å². The second-order valence-electron chi connectivity index (χ2n) is 6.38. The molecule has 7 nitrogen and oxygen atoms in total. The first-order valence-corrected chi connectivity index (χ1v) is 8.57. The van der Waals surface area contributed by atoms with Crippen LogP contribution in [-0.2, 0) is 9.59 Å². The number of carbonyl (C=O) groups excluding carboxylic acids is 2. The predicted molar refractivity (Wildman–Crippen MR) is 100 cm³/mol. The lowest BCUT2D eigenvalue weighted by atomic mass is 10.1. The Labute approximate surface area is 156 Å². The number of hydrogen-bond donors (Lipinski definition) is 2. The summed E-state index contributed by atoms with van der Waals surface area (Å²) in [5.74, 6) is -0.688. The van der Waals surface area contributed by atoms with Crippen molar-refractivity contribution in [2.75, 3.05) is 23.9 Å². The van der Waals surface area contributed by atoms with E-state index >= 15 is 0 Å². The maximum absolute atomic E-state index is 12.6. The fourth-order valence-corrected chi connectivity index (χ4v) is 2.51. The molecular formula is C20H20N2O5. The van der Waals surface area contributed by atoms with Gasteiger partial charge in [0.2, 0.25) is 5.91 Å². The van der Waals surface area contributed by atoms with Crippen LogP contribution in [0.5, 0.6) is 5.75 Å². The van der Waals surface area contributed by atoms with Gasteiger partial charge in [0.1, 0.15) is 5.75 Å². The molecular weight excluding hydrogens is 348 g/mol. The summed E-state index contributed by atoms with van der Waals surface area (Å²) in [7, 11) is 1.65. The molecule has 0 heterocycles. The second-order valence-corrected chi connectivity index (χ2v) is 6.38. The highest BCUT2D eigenvalue weighted by Crippen LogP contribution is 2.30. The van der Waals surface area contributed by atoms with Crippen LogP contribution >= 0.6 is 0 Å². The van der Waals surface area contributed by atoms with Gasteiger partial charge in [-0.3, -0.25) is 9.59 Å². The summed E-state index contributed by atoms with van der Waals surface area (Å²) in [6.45, 7) is -0.419. The Morgan fingerprint density at radius 1 is 1.07 bits per heavy atom. The van der Waals surface area contributed by atoms with Crippen molar-refractivity contribution in [2.24, 2.45) is 5.92 Å². The monoisotopic (exact) mass is 368 g/mol. The number of nitrogens with one attached hydrogen (secondary N) is 1. The first kappa shape index (κ1) is 18.4. The van der Waals surface area contributed by atoms with Gasteiger partial charge in [-0.2, -0.15) is 0 Å². The van der Waals surface area contributed by atoms with Gasteiger partial charge in [-0.25, -0.2) is 4.79 Å². The van der Waals surface area contributed by atoms with Crippen molar-refractivity contribution in [2.45, 2.75) is 12.8 Å². The van der Waals surface area contributed by atoms with Crippen molar-refractivity contribution in [1.82, 2.24) is 0 Å².